The van der Waals surface area contributed by atoms with Gasteiger partial charge in [0, 0.05) is 12.7 Å². The van der Waals surface area contributed by atoms with Crippen LogP contribution in [-0.4, -0.2) is 23.5 Å². The van der Waals surface area contributed by atoms with Gasteiger partial charge < -0.3 is 10.6 Å². The SMILES string of the molecule is Cc1cnc(NC(C)C(=O)NCC(C)C)c(Br)c1. The van der Waals surface area contributed by atoms with Crippen molar-refractivity contribution in [2.24, 2.45) is 5.92 Å². The highest BCUT2D eigenvalue weighted by molar-refractivity contribution is 9.10. The molecule has 0 spiro atoms. The summed E-state index contributed by atoms with van der Waals surface area (Å²) in [5.41, 5.74) is 1.07. The Bertz CT molecular complexity index is 421. The average molecular weight is 314 g/mol. The van der Waals surface area contributed by atoms with E-state index in [1.165, 1.54) is 0 Å². The van der Waals surface area contributed by atoms with Crippen molar-refractivity contribution in [1.29, 1.82) is 0 Å². The first-order valence-corrected chi connectivity index (χ1v) is 6.86. The van der Waals surface area contributed by atoms with Crippen LogP contribution in [0.2, 0.25) is 0 Å². The molecule has 0 aliphatic rings. The van der Waals surface area contributed by atoms with Gasteiger partial charge in [-0.2, -0.15) is 0 Å². The average Bonchev–Trinajstić information content (AvgIpc) is 2.29. The van der Waals surface area contributed by atoms with Crippen LogP contribution in [-0.2, 0) is 4.79 Å². The fraction of sp³-hybridized carbons (Fsp3) is 0.538. The zero-order valence-electron chi connectivity index (χ0n) is 11.2. The fourth-order valence-corrected chi connectivity index (χ4v) is 1.95. The number of aromatic nitrogens is 1. The lowest BCUT2D eigenvalue weighted by Crippen LogP contribution is -2.39. The van der Waals surface area contributed by atoms with Gasteiger partial charge in [-0.1, -0.05) is 13.8 Å². The maximum atomic E-state index is 11.8. The molecule has 0 aromatic carbocycles. The number of nitrogens with one attached hydrogen (secondary N) is 2. The summed E-state index contributed by atoms with van der Waals surface area (Å²) in [5.74, 6) is 1.12. The lowest BCUT2D eigenvalue weighted by Gasteiger charge is -2.16. The van der Waals surface area contributed by atoms with Gasteiger partial charge in [-0.05, 0) is 47.3 Å². The third-order valence-corrected chi connectivity index (χ3v) is 3.01. The Morgan fingerprint density at radius 2 is 2.11 bits per heavy atom. The maximum absolute atomic E-state index is 11.8. The van der Waals surface area contributed by atoms with E-state index >= 15 is 0 Å². The monoisotopic (exact) mass is 313 g/mol. The first-order valence-electron chi connectivity index (χ1n) is 6.06. The van der Waals surface area contributed by atoms with E-state index in [2.05, 4.69) is 45.4 Å². The van der Waals surface area contributed by atoms with Gasteiger partial charge in [0.25, 0.3) is 0 Å². The summed E-state index contributed by atoms with van der Waals surface area (Å²) >= 11 is 3.43. The molecule has 1 atom stereocenters. The third-order valence-electron chi connectivity index (χ3n) is 2.41. The molecule has 0 saturated heterocycles. The quantitative estimate of drug-likeness (QED) is 0.878. The van der Waals surface area contributed by atoms with Gasteiger partial charge >= 0.3 is 0 Å². The molecule has 1 aromatic heterocycles. The molecule has 0 aliphatic heterocycles. The lowest BCUT2D eigenvalue weighted by molar-refractivity contribution is -0.121. The van der Waals surface area contributed by atoms with Crippen molar-refractivity contribution in [3.05, 3.63) is 22.3 Å². The van der Waals surface area contributed by atoms with Crippen molar-refractivity contribution in [1.82, 2.24) is 10.3 Å². The van der Waals surface area contributed by atoms with Crippen LogP contribution in [0.1, 0.15) is 26.3 Å². The molecule has 5 heteroatoms. The number of halogens is 1. The second-order valence-corrected chi connectivity index (χ2v) is 5.70. The van der Waals surface area contributed by atoms with Crippen LogP contribution in [0.15, 0.2) is 16.7 Å². The van der Waals surface area contributed by atoms with Crippen LogP contribution in [0.4, 0.5) is 5.82 Å². The minimum Gasteiger partial charge on any atom is -0.358 e. The first-order chi connectivity index (χ1) is 8.40. The normalized spacial score (nSPS) is 12.3. The number of hydrogen-bond donors (Lipinski definition) is 2. The largest absolute Gasteiger partial charge is 0.358 e. The molecule has 18 heavy (non-hydrogen) atoms. The standard InChI is InChI=1S/C13H20BrN3O/c1-8(2)6-16-13(18)10(4)17-12-11(14)5-9(3)7-15-12/h5,7-8,10H,6H2,1-4H3,(H,15,17)(H,16,18). The Balaban J connectivity index is 2.58. The minimum atomic E-state index is -0.310. The molecule has 0 saturated carbocycles. The summed E-state index contributed by atoms with van der Waals surface area (Å²) in [6, 6.07) is 1.66. The molecule has 0 aliphatic carbocycles. The van der Waals surface area contributed by atoms with Crippen molar-refractivity contribution in [2.75, 3.05) is 11.9 Å². The molecule has 4 nitrogen and oxygen atoms in total. The lowest BCUT2D eigenvalue weighted by atomic mass is 10.2. The minimum absolute atomic E-state index is 0.0158. The highest BCUT2D eigenvalue weighted by atomic mass is 79.9. The van der Waals surface area contributed by atoms with Crippen molar-refractivity contribution in [3.63, 3.8) is 0 Å². The Morgan fingerprint density at radius 3 is 2.67 bits per heavy atom. The number of amides is 1. The number of hydrogen-bond acceptors (Lipinski definition) is 3. The summed E-state index contributed by atoms with van der Waals surface area (Å²) in [5, 5.41) is 5.98. The van der Waals surface area contributed by atoms with Gasteiger partial charge in [0.1, 0.15) is 11.9 Å². The second kappa shape index (κ2) is 6.73. The van der Waals surface area contributed by atoms with Crippen molar-refractivity contribution < 1.29 is 4.79 Å². The van der Waals surface area contributed by atoms with E-state index in [9.17, 15) is 4.79 Å². The Kier molecular flexibility index (Phi) is 5.59. The molecule has 1 amide bonds. The Labute approximate surface area is 117 Å². The number of carbonyl (C=O) groups is 1. The smallest absolute Gasteiger partial charge is 0.242 e. The van der Waals surface area contributed by atoms with Crippen LogP contribution in [0, 0.1) is 12.8 Å². The van der Waals surface area contributed by atoms with Gasteiger partial charge in [0.05, 0.1) is 4.47 Å². The zero-order chi connectivity index (χ0) is 13.7. The second-order valence-electron chi connectivity index (χ2n) is 4.85. The van der Waals surface area contributed by atoms with Crippen LogP contribution in [0.25, 0.3) is 0 Å². The van der Waals surface area contributed by atoms with Crippen molar-refractivity contribution in [3.8, 4) is 0 Å². The Morgan fingerprint density at radius 1 is 1.44 bits per heavy atom. The number of nitrogens with zero attached hydrogens (tertiary/aromatic N) is 1. The summed E-state index contributed by atoms with van der Waals surface area (Å²) < 4.78 is 0.867. The van der Waals surface area contributed by atoms with Gasteiger partial charge in [-0.3, -0.25) is 4.79 Å². The highest BCUT2D eigenvalue weighted by Crippen LogP contribution is 2.21. The van der Waals surface area contributed by atoms with E-state index < -0.39 is 0 Å². The fourth-order valence-electron chi connectivity index (χ4n) is 1.37. The van der Waals surface area contributed by atoms with Gasteiger partial charge in [0.2, 0.25) is 5.91 Å². The predicted octanol–water partition coefficient (Wildman–Crippen LogP) is 2.73. The molecular weight excluding hydrogens is 294 g/mol. The molecule has 2 N–H and O–H groups in total. The van der Waals surface area contributed by atoms with Crippen LogP contribution in [0.5, 0.6) is 0 Å². The van der Waals surface area contributed by atoms with Crippen LogP contribution in [0.3, 0.4) is 0 Å². The summed E-state index contributed by atoms with van der Waals surface area (Å²) in [7, 11) is 0. The molecule has 100 valence electrons. The summed E-state index contributed by atoms with van der Waals surface area (Å²) in [4.78, 5) is 16.1. The maximum Gasteiger partial charge on any atom is 0.242 e. The molecule has 1 unspecified atom stereocenters. The number of carbonyl (C=O) groups excluding carboxylic acids is 1. The zero-order valence-corrected chi connectivity index (χ0v) is 12.8. The van der Waals surface area contributed by atoms with E-state index in [4.69, 9.17) is 0 Å². The van der Waals surface area contributed by atoms with Gasteiger partial charge in [-0.15, -0.1) is 0 Å². The van der Waals surface area contributed by atoms with Gasteiger partial charge in [-0.25, -0.2) is 4.98 Å². The van der Waals surface area contributed by atoms with E-state index in [1.54, 1.807) is 6.20 Å². The van der Waals surface area contributed by atoms with Crippen molar-refractivity contribution >= 4 is 27.7 Å². The van der Waals surface area contributed by atoms with E-state index in [0.717, 1.165) is 10.0 Å². The third kappa shape index (κ3) is 4.64. The van der Waals surface area contributed by atoms with E-state index in [0.29, 0.717) is 18.3 Å². The summed E-state index contributed by atoms with van der Waals surface area (Å²) in [6.45, 7) is 8.62. The predicted molar refractivity (Wildman–Crippen MR) is 77.6 cm³/mol. The first kappa shape index (κ1) is 15.0. The highest BCUT2D eigenvalue weighted by Gasteiger charge is 2.14. The summed E-state index contributed by atoms with van der Waals surface area (Å²) in [6.07, 6.45) is 1.77. The number of aryl methyl sites for hydroxylation is 1. The van der Waals surface area contributed by atoms with E-state index in [-0.39, 0.29) is 11.9 Å². The number of anilines is 1. The molecule has 0 bridgehead atoms. The van der Waals surface area contributed by atoms with Crippen molar-refractivity contribution in [2.45, 2.75) is 33.7 Å². The van der Waals surface area contributed by atoms with Gasteiger partial charge in [0.15, 0.2) is 0 Å². The molecule has 0 fully saturated rings. The Hall–Kier alpha value is -1.10. The molecule has 1 heterocycles. The number of rotatable bonds is 5. The molecule has 0 radical (unpaired) electrons. The molecule has 1 aromatic rings. The molecular formula is C13H20BrN3O. The molecule has 1 rings (SSSR count). The number of pyridine rings is 1. The van der Waals surface area contributed by atoms with Crippen LogP contribution >= 0.6 is 15.9 Å². The van der Waals surface area contributed by atoms with Crippen LogP contribution < -0.4 is 10.6 Å². The van der Waals surface area contributed by atoms with E-state index in [1.807, 2.05) is 19.9 Å². The topological polar surface area (TPSA) is 54.0 Å².